The Morgan fingerprint density at radius 3 is 3.00 bits per heavy atom. The topological polar surface area (TPSA) is 66.2 Å². The molecular weight excluding hydrogens is 362 g/mol. The van der Waals surface area contributed by atoms with E-state index in [1.54, 1.807) is 4.57 Å². The number of nitrogens with zero attached hydrogens (tertiary/aromatic N) is 3. The number of aryl methyl sites for hydroxylation is 1. The van der Waals surface area contributed by atoms with Gasteiger partial charge in [0.15, 0.2) is 0 Å². The molecule has 142 valence electrons. The molecule has 0 saturated carbocycles. The van der Waals surface area contributed by atoms with Crippen molar-refractivity contribution in [3.05, 3.63) is 33.5 Å². The first-order chi connectivity index (χ1) is 12.9. The molecule has 0 N–H and O–H groups in total. The van der Waals surface area contributed by atoms with Crippen molar-refractivity contribution in [1.29, 1.82) is 0 Å². The third kappa shape index (κ3) is 2.88. The molecule has 0 bridgehead atoms. The molecule has 1 fully saturated rings. The van der Waals surface area contributed by atoms with Crippen LogP contribution in [0.15, 0.2) is 10.9 Å². The third-order valence-corrected chi connectivity index (χ3v) is 6.63. The molecule has 0 spiro atoms. The highest BCUT2D eigenvalue weighted by Gasteiger charge is 2.28. The summed E-state index contributed by atoms with van der Waals surface area (Å²) in [5, 5.41) is 0.960. The Hall–Kier alpha value is -1.83. The Bertz CT molecular complexity index is 1110. The number of hydrogen-bond acceptors (Lipinski definition) is 6. The standard InChI is InChI=1S/C20H23N3O3S/c1-11-21-16-14-7-12-10-26-20(2,3)8-15(12)22-18(14)27-17(16)19(24)23(11)9-13-5-4-6-25-13/h7,13H,4-6,8-10H2,1-3H3. The van der Waals surface area contributed by atoms with Gasteiger partial charge in [-0.1, -0.05) is 0 Å². The molecule has 0 aromatic carbocycles. The summed E-state index contributed by atoms with van der Waals surface area (Å²) in [5.74, 6) is 0.734. The minimum atomic E-state index is -0.201. The SMILES string of the molecule is Cc1nc2c(sc3nc4c(cc32)COC(C)(C)C4)c(=O)n1CC1CCCO1. The molecule has 0 radical (unpaired) electrons. The molecule has 7 heteroatoms. The number of hydrogen-bond donors (Lipinski definition) is 0. The lowest BCUT2D eigenvalue weighted by Crippen LogP contribution is -2.32. The van der Waals surface area contributed by atoms with Crippen LogP contribution in [0.4, 0.5) is 0 Å². The highest BCUT2D eigenvalue weighted by atomic mass is 32.1. The summed E-state index contributed by atoms with van der Waals surface area (Å²) in [6, 6.07) is 2.11. The van der Waals surface area contributed by atoms with E-state index < -0.39 is 0 Å². The Morgan fingerprint density at radius 1 is 1.37 bits per heavy atom. The molecule has 1 saturated heterocycles. The highest BCUT2D eigenvalue weighted by Crippen LogP contribution is 2.34. The summed E-state index contributed by atoms with van der Waals surface area (Å²) in [5.41, 5.74) is 2.76. The Labute approximate surface area is 161 Å². The predicted octanol–water partition coefficient (Wildman–Crippen LogP) is 3.34. The van der Waals surface area contributed by atoms with Crippen LogP contribution in [0.2, 0.25) is 0 Å². The number of aromatic nitrogens is 3. The molecule has 27 heavy (non-hydrogen) atoms. The molecule has 6 nitrogen and oxygen atoms in total. The van der Waals surface area contributed by atoms with E-state index in [4.69, 9.17) is 19.4 Å². The van der Waals surface area contributed by atoms with Gasteiger partial charge in [0, 0.05) is 24.0 Å². The zero-order valence-electron chi connectivity index (χ0n) is 15.9. The van der Waals surface area contributed by atoms with Gasteiger partial charge in [0.1, 0.15) is 15.4 Å². The first-order valence-corrected chi connectivity index (χ1v) is 10.3. The Balaban J connectivity index is 1.66. The van der Waals surface area contributed by atoms with Gasteiger partial charge in [-0.3, -0.25) is 9.36 Å². The summed E-state index contributed by atoms with van der Waals surface area (Å²) in [6.07, 6.45) is 2.95. The van der Waals surface area contributed by atoms with Gasteiger partial charge in [-0.2, -0.15) is 0 Å². The van der Waals surface area contributed by atoms with E-state index in [-0.39, 0.29) is 17.3 Å². The van der Waals surface area contributed by atoms with Crippen LogP contribution in [0.3, 0.4) is 0 Å². The molecular formula is C20H23N3O3S. The Kier molecular flexibility index (Phi) is 3.90. The van der Waals surface area contributed by atoms with Gasteiger partial charge < -0.3 is 9.47 Å². The fourth-order valence-corrected chi connectivity index (χ4v) is 5.11. The second kappa shape index (κ2) is 6.09. The maximum Gasteiger partial charge on any atom is 0.271 e. The monoisotopic (exact) mass is 385 g/mol. The quantitative estimate of drug-likeness (QED) is 0.677. The number of pyridine rings is 1. The summed E-state index contributed by atoms with van der Waals surface area (Å²) in [4.78, 5) is 23.7. The van der Waals surface area contributed by atoms with E-state index in [0.29, 0.717) is 17.9 Å². The van der Waals surface area contributed by atoms with Gasteiger partial charge >= 0.3 is 0 Å². The summed E-state index contributed by atoms with van der Waals surface area (Å²) in [6.45, 7) is 7.98. The first-order valence-electron chi connectivity index (χ1n) is 9.49. The van der Waals surface area contributed by atoms with Gasteiger partial charge in [-0.25, -0.2) is 9.97 Å². The lowest BCUT2D eigenvalue weighted by atomic mass is 9.95. The summed E-state index contributed by atoms with van der Waals surface area (Å²) < 4.78 is 14.1. The van der Waals surface area contributed by atoms with Crippen molar-refractivity contribution in [2.24, 2.45) is 0 Å². The van der Waals surface area contributed by atoms with Gasteiger partial charge in [0.05, 0.1) is 36.1 Å². The molecule has 5 heterocycles. The highest BCUT2D eigenvalue weighted by molar-refractivity contribution is 7.25. The van der Waals surface area contributed by atoms with Crippen molar-refractivity contribution < 1.29 is 9.47 Å². The van der Waals surface area contributed by atoms with E-state index in [2.05, 4.69) is 19.9 Å². The number of ether oxygens (including phenoxy) is 2. The van der Waals surface area contributed by atoms with Crippen LogP contribution in [0.5, 0.6) is 0 Å². The van der Waals surface area contributed by atoms with Crippen LogP contribution in [-0.4, -0.2) is 32.8 Å². The molecule has 0 aliphatic carbocycles. The predicted molar refractivity (Wildman–Crippen MR) is 105 cm³/mol. The average molecular weight is 385 g/mol. The lowest BCUT2D eigenvalue weighted by molar-refractivity contribution is -0.0411. The van der Waals surface area contributed by atoms with Crippen molar-refractivity contribution in [2.75, 3.05) is 6.61 Å². The fourth-order valence-electron chi connectivity index (χ4n) is 4.05. The van der Waals surface area contributed by atoms with Crippen LogP contribution >= 0.6 is 11.3 Å². The minimum absolute atomic E-state index is 0.0190. The maximum atomic E-state index is 13.2. The number of rotatable bonds is 2. The lowest BCUT2D eigenvalue weighted by Gasteiger charge is -2.30. The van der Waals surface area contributed by atoms with Crippen molar-refractivity contribution in [3.8, 4) is 0 Å². The second-order valence-electron chi connectivity index (χ2n) is 8.16. The van der Waals surface area contributed by atoms with E-state index >= 15 is 0 Å². The zero-order chi connectivity index (χ0) is 18.8. The zero-order valence-corrected chi connectivity index (χ0v) is 16.7. The van der Waals surface area contributed by atoms with Gasteiger partial charge in [0.2, 0.25) is 0 Å². The average Bonchev–Trinajstić information content (AvgIpc) is 3.24. The summed E-state index contributed by atoms with van der Waals surface area (Å²) in [7, 11) is 0. The van der Waals surface area contributed by atoms with Crippen molar-refractivity contribution in [3.63, 3.8) is 0 Å². The molecule has 5 rings (SSSR count). The van der Waals surface area contributed by atoms with Gasteiger partial charge in [-0.05, 0) is 39.7 Å². The van der Waals surface area contributed by atoms with Crippen molar-refractivity contribution in [2.45, 2.75) is 64.9 Å². The molecule has 1 atom stereocenters. The van der Waals surface area contributed by atoms with E-state index in [1.165, 1.54) is 11.3 Å². The van der Waals surface area contributed by atoms with Crippen molar-refractivity contribution >= 4 is 31.8 Å². The Morgan fingerprint density at radius 2 is 2.22 bits per heavy atom. The number of thiophene rings is 1. The molecule has 1 unspecified atom stereocenters. The van der Waals surface area contributed by atoms with E-state index in [9.17, 15) is 4.79 Å². The largest absolute Gasteiger partial charge is 0.376 e. The van der Waals surface area contributed by atoms with E-state index in [0.717, 1.165) is 58.7 Å². The second-order valence-corrected chi connectivity index (χ2v) is 9.16. The molecule has 3 aromatic rings. The van der Waals surface area contributed by atoms with Gasteiger partial charge in [0.25, 0.3) is 5.56 Å². The fraction of sp³-hybridized carbons (Fsp3) is 0.550. The normalized spacial score (nSPS) is 21.8. The summed E-state index contributed by atoms with van der Waals surface area (Å²) >= 11 is 1.45. The smallest absolute Gasteiger partial charge is 0.271 e. The van der Waals surface area contributed by atoms with Crippen LogP contribution in [-0.2, 0) is 29.0 Å². The minimum Gasteiger partial charge on any atom is -0.376 e. The van der Waals surface area contributed by atoms with Crippen LogP contribution in [0, 0.1) is 6.92 Å². The van der Waals surface area contributed by atoms with Crippen molar-refractivity contribution in [1.82, 2.24) is 14.5 Å². The third-order valence-electron chi connectivity index (χ3n) is 5.55. The molecule has 3 aromatic heterocycles. The van der Waals surface area contributed by atoms with E-state index in [1.807, 2.05) is 6.92 Å². The first kappa shape index (κ1) is 17.3. The van der Waals surface area contributed by atoms with Crippen LogP contribution in [0.25, 0.3) is 20.4 Å². The maximum absolute atomic E-state index is 13.2. The van der Waals surface area contributed by atoms with Crippen LogP contribution in [0.1, 0.15) is 43.8 Å². The number of fused-ring (bicyclic) bond motifs is 4. The van der Waals surface area contributed by atoms with Crippen LogP contribution < -0.4 is 5.56 Å². The molecule has 2 aliphatic heterocycles. The molecule has 2 aliphatic rings. The van der Waals surface area contributed by atoms with Gasteiger partial charge in [-0.15, -0.1) is 11.3 Å². The molecule has 0 amide bonds.